The van der Waals surface area contributed by atoms with E-state index < -0.39 is 5.97 Å². The summed E-state index contributed by atoms with van der Waals surface area (Å²) in [6, 6.07) is 0. The zero-order valence-corrected chi connectivity index (χ0v) is 10.7. The van der Waals surface area contributed by atoms with Crippen LogP contribution in [0.3, 0.4) is 0 Å². The van der Waals surface area contributed by atoms with Gasteiger partial charge >= 0.3 is 5.97 Å². The van der Waals surface area contributed by atoms with Gasteiger partial charge in [0.1, 0.15) is 5.01 Å². The molecule has 0 saturated heterocycles. The Kier molecular flexibility index (Phi) is 5.09. The van der Waals surface area contributed by atoms with Crippen molar-refractivity contribution in [2.45, 2.75) is 39.2 Å². The van der Waals surface area contributed by atoms with Gasteiger partial charge in [-0.2, -0.15) is 0 Å². The van der Waals surface area contributed by atoms with Crippen molar-refractivity contribution < 1.29 is 14.7 Å². The van der Waals surface area contributed by atoms with E-state index >= 15 is 0 Å². The lowest BCUT2D eigenvalue weighted by Gasteiger charge is -2.01. The highest BCUT2D eigenvalue weighted by atomic mass is 32.1. The Labute approximate surface area is 104 Å². The Morgan fingerprint density at radius 2 is 2.18 bits per heavy atom. The molecule has 0 spiro atoms. The number of thiazole rings is 1. The van der Waals surface area contributed by atoms with E-state index in [1.54, 1.807) is 0 Å². The molecule has 0 bridgehead atoms. The highest BCUT2D eigenvalue weighted by Gasteiger charge is 2.08. The molecule has 1 aromatic heterocycles. The summed E-state index contributed by atoms with van der Waals surface area (Å²) in [6.45, 7) is 4.49. The molecule has 1 amide bonds. The lowest BCUT2D eigenvalue weighted by Crippen LogP contribution is -2.23. The Morgan fingerprint density at radius 1 is 1.47 bits per heavy atom. The Hall–Kier alpha value is -1.43. The van der Waals surface area contributed by atoms with Crippen molar-refractivity contribution in [1.82, 2.24) is 10.3 Å². The number of carbonyl (C=O) groups excluding carboxylic acids is 1. The molecule has 0 unspecified atom stereocenters. The fraction of sp³-hybridized carbons (Fsp3) is 0.545. The molecule has 6 heteroatoms. The van der Waals surface area contributed by atoms with Crippen LogP contribution in [-0.2, 0) is 16.1 Å². The van der Waals surface area contributed by atoms with Gasteiger partial charge in [0.15, 0.2) is 0 Å². The lowest BCUT2D eigenvalue weighted by atomic mass is 10.2. The molecule has 0 fully saturated rings. The molecule has 1 heterocycles. The standard InChI is InChI=1S/C11H16N2O3S/c1-7(2)8-6-17-10(13-8)5-12-9(14)3-4-11(15)16/h6-7H,3-5H2,1-2H3,(H,12,14)(H,15,16). The molecule has 0 aromatic carbocycles. The summed E-state index contributed by atoms with van der Waals surface area (Å²) in [4.78, 5) is 25.9. The summed E-state index contributed by atoms with van der Waals surface area (Å²) in [5.74, 6) is -0.840. The first-order valence-electron chi connectivity index (χ1n) is 5.42. The van der Waals surface area contributed by atoms with Crippen LogP contribution < -0.4 is 5.32 Å². The van der Waals surface area contributed by atoms with Crippen LogP contribution >= 0.6 is 11.3 Å². The van der Waals surface area contributed by atoms with Crippen LogP contribution in [0.15, 0.2) is 5.38 Å². The van der Waals surface area contributed by atoms with Gasteiger partial charge in [0, 0.05) is 11.8 Å². The molecule has 1 rings (SSSR count). The highest BCUT2D eigenvalue weighted by molar-refractivity contribution is 7.09. The van der Waals surface area contributed by atoms with Crippen molar-refractivity contribution in [2.75, 3.05) is 0 Å². The fourth-order valence-corrected chi connectivity index (χ4v) is 2.05. The third-order valence-electron chi connectivity index (χ3n) is 2.16. The summed E-state index contributed by atoms with van der Waals surface area (Å²) in [6.07, 6.45) is -0.126. The maximum absolute atomic E-state index is 11.3. The number of aromatic nitrogens is 1. The number of amides is 1. The SMILES string of the molecule is CC(C)c1csc(CNC(=O)CCC(=O)O)n1. The number of carboxylic acids is 1. The van der Waals surface area contributed by atoms with Crippen molar-refractivity contribution >= 4 is 23.2 Å². The van der Waals surface area contributed by atoms with Crippen LogP contribution in [0.25, 0.3) is 0 Å². The van der Waals surface area contributed by atoms with Gasteiger partial charge in [0.05, 0.1) is 18.7 Å². The molecule has 0 saturated carbocycles. The number of carbonyl (C=O) groups is 2. The first kappa shape index (κ1) is 13.6. The first-order chi connectivity index (χ1) is 7.99. The van der Waals surface area contributed by atoms with Crippen molar-refractivity contribution in [3.63, 3.8) is 0 Å². The average molecular weight is 256 g/mol. The van der Waals surface area contributed by atoms with Crippen LogP contribution in [0.1, 0.15) is 43.3 Å². The van der Waals surface area contributed by atoms with E-state index in [0.29, 0.717) is 12.5 Å². The van der Waals surface area contributed by atoms with Gasteiger partial charge in [-0.25, -0.2) is 4.98 Å². The number of carboxylic acid groups (broad SMARTS) is 1. The first-order valence-corrected chi connectivity index (χ1v) is 6.29. The summed E-state index contributed by atoms with van der Waals surface area (Å²) in [5, 5.41) is 13.9. The summed E-state index contributed by atoms with van der Waals surface area (Å²) < 4.78 is 0. The molecule has 0 atom stereocenters. The van der Waals surface area contributed by atoms with Crippen LogP contribution in [-0.4, -0.2) is 22.0 Å². The molecular formula is C11H16N2O3S. The van der Waals surface area contributed by atoms with Gasteiger partial charge in [0.25, 0.3) is 0 Å². The molecular weight excluding hydrogens is 240 g/mol. The van der Waals surface area contributed by atoms with Crippen LogP contribution in [0.5, 0.6) is 0 Å². The topological polar surface area (TPSA) is 79.3 Å². The number of nitrogens with one attached hydrogen (secondary N) is 1. The zero-order chi connectivity index (χ0) is 12.8. The third kappa shape index (κ3) is 4.95. The molecule has 17 heavy (non-hydrogen) atoms. The van der Waals surface area contributed by atoms with Gasteiger partial charge in [0.2, 0.25) is 5.91 Å². The van der Waals surface area contributed by atoms with E-state index in [4.69, 9.17) is 5.11 Å². The van der Waals surface area contributed by atoms with Gasteiger partial charge in [-0.1, -0.05) is 13.8 Å². The van der Waals surface area contributed by atoms with Crippen LogP contribution in [0.4, 0.5) is 0 Å². The van der Waals surface area contributed by atoms with E-state index in [2.05, 4.69) is 24.1 Å². The third-order valence-corrected chi connectivity index (χ3v) is 3.03. The maximum atomic E-state index is 11.3. The summed E-state index contributed by atoms with van der Waals surface area (Å²) in [7, 11) is 0. The van der Waals surface area contributed by atoms with E-state index in [1.165, 1.54) is 11.3 Å². The van der Waals surface area contributed by atoms with Gasteiger partial charge in [-0.3, -0.25) is 9.59 Å². The Balaban J connectivity index is 2.34. The minimum Gasteiger partial charge on any atom is -0.481 e. The van der Waals surface area contributed by atoms with Crippen molar-refractivity contribution in [3.05, 3.63) is 16.1 Å². The van der Waals surface area contributed by atoms with E-state index in [0.717, 1.165) is 10.7 Å². The van der Waals surface area contributed by atoms with Gasteiger partial charge in [-0.15, -0.1) is 11.3 Å². The highest BCUT2D eigenvalue weighted by Crippen LogP contribution is 2.17. The summed E-state index contributed by atoms with van der Waals surface area (Å²) in [5.41, 5.74) is 1.02. The van der Waals surface area contributed by atoms with E-state index in [9.17, 15) is 9.59 Å². The predicted molar refractivity (Wildman–Crippen MR) is 64.9 cm³/mol. The minimum absolute atomic E-state index is 0.0117. The van der Waals surface area contributed by atoms with Crippen molar-refractivity contribution in [1.29, 1.82) is 0 Å². The van der Waals surface area contributed by atoms with E-state index in [1.807, 2.05) is 5.38 Å². The Morgan fingerprint density at radius 3 is 2.71 bits per heavy atom. The lowest BCUT2D eigenvalue weighted by molar-refractivity contribution is -0.138. The predicted octanol–water partition coefficient (Wildman–Crippen LogP) is 1.75. The van der Waals surface area contributed by atoms with Gasteiger partial charge < -0.3 is 10.4 Å². The fourth-order valence-electron chi connectivity index (χ4n) is 1.15. The molecule has 5 nitrogen and oxygen atoms in total. The molecule has 0 aliphatic rings. The number of hydrogen-bond donors (Lipinski definition) is 2. The van der Waals surface area contributed by atoms with Crippen LogP contribution in [0, 0.1) is 0 Å². The second-order valence-electron chi connectivity index (χ2n) is 3.99. The monoisotopic (exact) mass is 256 g/mol. The number of aliphatic carboxylic acids is 1. The maximum Gasteiger partial charge on any atom is 0.303 e. The average Bonchev–Trinajstić information content (AvgIpc) is 2.72. The second-order valence-corrected chi connectivity index (χ2v) is 4.93. The van der Waals surface area contributed by atoms with E-state index in [-0.39, 0.29) is 18.7 Å². The van der Waals surface area contributed by atoms with Crippen LogP contribution in [0.2, 0.25) is 0 Å². The molecule has 1 aromatic rings. The van der Waals surface area contributed by atoms with Crippen molar-refractivity contribution in [2.24, 2.45) is 0 Å². The molecule has 0 radical (unpaired) electrons. The minimum atomic E-state index is -0.962. The smallest absolute Gasteiger partial charge is 0.303 e. The summed E-state index contributed by atoms with van der Waals surface area (Å²) >= 11 is 1.50. The number of hydrogen-bond acceptors (Lipinski definition) is 4. The molecule has 0 aliphatic heterocycles. The molecule has 0 aliphatic carbocycles. The van der Waals surface area contributed by atoms with Gasteiger partial charge in [-0.05, 0) is 5.92 Å². The Bertz CT molecular complexity index is 401. The quantitative estimate of drug-likeness (QED) is 0.812. The number of nitrogens with zero attached hydrogens (tertiary/aromatic N) is 1. The molecule has 94 valence electrons. The van der Waals surface area contributed by atoms with Crippen molar-refractivity contribution in [3.8, 4) is 0 Å². The number of rotatable bonds is 6. The second kappa shape index (κ2) is 6.34. The largest absolute Gasteiger partial charge is 0.481 e. The normalized spacial score (nSPS) is 10.5. The molecule has 2 N–H and O–H groups in total. The zero-order valence-electron chi connectivity index (χ0n) is 9.90.